The van der Waals surface area contributed by atoms with Crippen LogP contribution in [0, 0.1) is 0 Å². The molecule has 3 aromatic rings. The molecule has 0 atom stereocenters. The van der Waals surface area contributed by atoms with E-state index in [1.54, 1.807) is 48.5 Å². The monoisotopic (exact) mass is 460 g/mol. The standard InChI is InChI=1S/C24H20ClF3N2O2/c25-21-6-1-3-16(13-21)14-22(31)29-11-12-30-23(32)19-5-2-4-18(15-19)17-7-9-20(10-8-17)24(26,27)28/h1-10,13,15H,11-12,14H2,(H,29,31)(H,30,32). The lowest BCUT2D eigenvalue weighted by atomic mass is 10.0. The van der Waals surface area contributed by atoms with Crippen molar-refractivity contribution in [3.05, 3.63) is 94.5 Å². The molecule has 0 aliphatic heterocycles. The molecule has 0 spiro atoms. The first-order valence-corrected chi connectivity index (χ1v) is 10.2. The summed E-state index contributed by atoms with van der Waals surface area (Å²) in [6, 6.07) is 18.4. The van der Waals surface area contributed by atoms with Gasteiger partial charge in [0.05, 0.1) is 12.0 Å². The van der Waals surface area contributed by atoms with Gasteiger partial charge in [-0.1, -0.05) is 48.0 Å². The molecule has 0 saturated heterocycles. The van der Waals surface area contributed by atoms with Crippen LogP contribution in [0.5, 0.6) is 0 Å². The van der Waals surface area contributed by atoms with Crippen molar-refractivity contribution in [1.82, 2.24) is 10.6 Å². The van der Waals surface area contributed by atoms with E-state index in [1.165, 1.54) is 12.1 Å². The number of hydrogen-bond donors (Lipinski definition) is 2. The molecular formula is C24H20ClF3N2O2. The van der Waals surface area contributed by atoms with Crippen LogP contribution in [0.1, 0.15) is 21.5 Å². The number of rotatable bonds is 7. The predicted molar refractivity (Wildman–Crippen MR) is 117 cm³/mol. The van der Waals surface area contributed by atoms with Crippen molar-refractivity contribution in [2.45, 2.75) is 12.6 Å². The first-order chi connectivity index (χ1) is 15.2. The smallest absolute Gasteiger partial charge is 0.354 e. The van der Waals surface area contributed by atoms with E-state index in [9.17, 15) is 22.8 Å². The van der Waals surface area contributed by atoms with E-state index in [0.29, 0.717) is 21.7 Å². The molecule has 2 amide bonds. The molecule has 0 aromatic heterocycles. The highest BCUT2D eigenvalue weighted by molar-refractivity contribution is 6.30. The topological polar surface area (TPSA) is 58.2 Å². The van der Waals surface area contributed by atoms with Crippen LogP contribution in [0.15, 0.2) is 72.8 Å². The van der Waals surface area contributed by atoms with Crippen molar-refractivity contribution in [1.29, 1.82) is 0 Å². The zero-order valence-electron chi connectivity index (χ0n) is 16.9. The van der Waals surface area contributed by atoms with Crippen LogP contribution in [0.25, 0.3) is 11.1 Å². The molecular weight excluding hydrogens is 441 g/mol. The Labute approximate surface area is 188 Å². The van der Waals surface area contributed by atoms with Crippen LogP contribution in [0.2, 0.25) is 5.02 Å². The fourth-order valence-electron chi connectivity index (χ4n) is 3.07. The lowest BCUT2D eigenvalue weighted by molar-refractivity contribution is -0.137. The van der Waals surface area contributed by atoms with Gasteiger partial charge in [0.25, 0.3) is 5.91 Å². The highest BCUT2D eigenvalue weighted by Crippen LogP contribution is 2.31. The number of hydrogen-bond acceptors (Lipinski definition) is 2. The second-order valence-electron chi connectivity index (χ2n) is 7.07. The maximum Gasteiger partial charge on any atom is 0.416 e. The van der Waals surface area contributed by atoms with E-state index in [-0.39, 0.29) is 31.3 Å². The summed E-state index contributed by atoms with van der Waals surface area (Å²) in [5, 5.41) is 5.99. The number of alkyl halides is 3. The summed E-state index contributed by atoms with van der Waals surface area (Å²) in [5.41, 5.74) is 1.63. The average Bonchev–Trinajstić information content (AvgIpc) is 2.76. The van der Waals surface area contributed by atoms with E-state index in [0.717, 1.165) is 17.7 Å². The van der Waals surface area contributed by atoms with Gasteiger partial charge < -0.3 is 10.6 Å². The molecule has 32 heavy (non-hydrogen) atoms. The molecule has 166 valence electrons. The van der Waals surface area contributed by atoms with Gasteiger partial charge in [-0.15, -0.1) is 0 Å². The maximum atomic E-state index is 12.7. The highest BCUT2D eigenvalue weighted by atomic mass is 35.5. The van der Waals surface area contributed by atoms with Gasteiger partial charge in [-0.25, -0.2) is 0 Å². The van der Waals surface area contributed by atoms with E-state index in [4.69, 9.17) is 11.6 Å². The number of halogens is 4. The van der Waals surface area contributed by atoms with Gasteiger partial charge >= 0.3 is 6.18 Å². The molecule has 0 saturated carbocycles. The van der Waals surface area contributed by atoms with Crippen molar-refractivity contribution in [2.24, 2.45) is 0 Å². The van der Waals surface area contributed by atoms with Crippen LogP contribution < -0.4 is 10.6 Å². The number of carbonyl (C=O) groups is 2. The Morgan fingerprint density at radius 1 is 0.812 bits per heavy atom. The van der Waals surface area contributed by atoms with Crippen LogP contribution >= 0.6 is 11.6 Å². The van der Waals surface area contributed by atoms with Crippen LogP contribution in [-0.2, 0) is 17.4 Å². The minimum Gasteiger partial charge on any atom is -0.354 e. The van der Waals surface area contributed by atoms with E-state index in [2.05, 4.69) is 10.6 Å². The Morgan fingerprint density at radius 3 is 2.19 bits per heavy atom. The third-order valence-electron chi connectivity index (χ3n) is 4.66. The fraction of sp³-hybridized carbons (Fsp3) is 0.167. The lowest BCUT2D eigenvalue weighted by Crippen LogP contribution is -2.35. The van der Waals surface area contributed by atoms with Gasteiger partial charge in [-0.2, -0.15) is 13.2 Å². The van der Waals surface area contributed by atoms with E-state index >= 15 is 0 Å². The minimum absolute atomic E-state index is 0.184. The molecule has 0 fully saturated rings. The number of amides is 2. The zero-order valence-corrected chi connectivity index (χ0v) is 17.6. The van der Waals surface area contributed by atoms with Crippen LogP contribution in [0.3, 0.4) is 0 Å². The maximum absolute atomic E-state index is 12.7. The molecule has 3 rings (SSSR count). The van der Waals surface area contributed by atoms with Crippen molar-refractivity contribution >= 4 is 23.4 Å². The average molecular weight is 461 g/mol. The van der Waals surface area contributed by atoms with Crippen molar-refractivity contribution < 1.29 is 22.8 Å². The van der Waals surface area contributed by atoms with E-state index < -0.39 is 11.7 Å². The van der Waals surface area contributed by atoms with Crippen LogP contribution in [0.4, 0.5) is 13.2 Å². The van der Waals surface area contributed by atoms with Crippen molar-refractivity contribution in [3.63, 3.8) is 0 Å². The Morgan fingerprint density at radius 2 is 1.50 bits per heavy atom. The molecule has 0 aliphatic rings. The highest BCUT2D eigenvalue weighted by Gasteiger charge is 2.29. The normalized spacial score (nSPS) is 11.1. The minimum atomic E-state index is -4.40. The lowest BCUT2D eigenvalue weighted by Gasteiger charge is -2.10. The third-order valence-corrected chi connectivity index (χ3v) is 4.89. The molecule has 0 unspecified atom stereocenters. The summed E-state index contributed by atoms with van der Waals surface area (Å²) in [6.07, 6.45) is -4.21. The van der Waals surface area contributed by atoms with Gasteiger partial charge in [0.2, 0.25) is 5.91 Å². The van der Waals surface area contributed by atoms with Crippen molar-refractivity contribution in [2.75, 3.05) is 13.1 Å². The Kier molecular flexibility index (Phi) is 7.53. The molecule has 0 radical (unpaired) electrons. The van der Waals surface area contributed by atoms with Gasteiger partial charge in [0, 0.05) is 23.7 Å². The number of nitrogens with one attached hydrogen (secondary N) is 2. The summed E-state index contributed by atoms with van der Waals surface area (Å²) in [6.45, 7) is 0.481. The predicted octanol–water partition coefficient (Wildman–Crippen LogP) is 5.11. The Hall–Kier alpha value is -3.32. The quantitative estimate of drug-likeness (QED) is 0.481. The summed E-state index contributed by atoms with van der Waals surface area (Å²) in [7, 11) is 0. The summed E-state index contributed by atoms with van der Waals surface area (Å²) >= 11 is 5.90. The third kappa shape index (κ3) is 6.59. The largest absolute Gasteiger partial charge is 0.416 e. The van der Waals surface area contributed by atoms with Crippen molar-refractivity contribution in [3.8, 4) is 11.1 Å². The summed E-state index contributed by atoms with van der Waals surface area (Å²) in [4.78, 5) is 24.4. The van der Waals surface area contributed by atoms with Gasteiger partial charge in [0.1, 0.15) is 0 Å². The van der Waals surface area contributed by atoms with Gasteiger partial charge in [-0.3, -0.25) is 9.59 Å². The Balaban J connectivity index is 1.51. The Bertz CT molecular complexity index is 1100. The van der Waals surface area contributed by atoms with Gasteiger partial charge in [-0.05, 0) is 53.1 Å². The van der Waals surface area contributed by atoms with E-state index in [1.807, 2.05) is 0 Å². The van der Waals surface area contributed by atoms with Gasteiger partial charge in [0.15, 0.2) is 0 Å². The fourth-order valence-corrected chi connectivity index (χ4v) is 3.28. The second-order valence-corrected chi connectivity index (χ2v) is 7.50. The number of benzene rings is 3. The molecule has 4 nitrogen and oxygen atoms in total. The SMILES string of the molecule is O=C(Cc1cccc(Cl)c1)NCCNC(=O)c1cccc(-c2ccc(C(F)(F)F)cc2)c1. The molecule has 0 aliphatic carbocycles. The molecule has 8 heteroatoms. The second kappa shape index (κ2) is 10.3. The summed E-state index contributed by atoms with van der Waals surface area (Å²) in [5.74, 6) is -0.534. The van der Waals surface area contributed by atoms with Crippen LogP contribution in [-0.4, -0.2) is 24.9 Å². The first kappa shape index (κ1) is 23.3. The first-order valence-electron chi connectivity index (χ1n) is 9.79. The molecule has 0 heterocycles. The summed E-state index contributed by atoms with van der Waals surface area (Å²) < 4.78 is 38.2. The zero-order chi connectivity index (χ0) is 23.1. The molecule has 2 N–H and O–H groups in total. The molecule has 0 bridgehead atoms. The molecule has 3 aromatic carbocycles. The number of carbonyl (C=O) groups excluding carboxylic acids is 2.